The third-order valence-electron chi connectivity index (χ3n) is 13.7. The van der Waals surface area contributed by atoms with Crippen LogP contribution in [0.1, 0.15) is 142 Å². The first-order valence-electron chi connectivity index (χ1n) is 27.5. The molecule has 0 radical (unpaired) electrons. The number of hydrogen-bond donors (Lipinski definition) is 0. The monoisotopic (exact) mass is 1150 g/mol. The van der Waals surface area contributed by atoms with Crippen LogP contribution in [0.3, 0.4) is 0 Å². The van der Waals surface area contributed by atoms with E-state index < -0.39 is 48.1 Å². The van der Waals surface area contributed by atoms with Gasteiger partial charge in [0.25, 0.3) is 0 Å². The van der Waals surface area contributed by atoms with Gasteiger partial charge in [0, 0.05) is 64.9 Å². The van der Waals surface area contributed by atoms with Crippen molar-refractivity contribution in [3.05, 3.63) is 70.8 Å². The first kappa shape index (κ1) is 68.7. The minimum atomic E-state index is -3.21. The fourth-order valence-corrected chi connectivity index (χ4v) is 14.9. The zero-order valence-electron chi connectivity index (χ0n) is 50.5. The number of nitrogens with zero attached hydrogens (tertiary/aromatic N) is 2. The number of hydroxylamine groups is 4. The first-order valence-corrected chi connectivity index (χ1v) is 45.7. The summed E-state index contributed by atoms with van der Waals surface area (Å²) in [6, 6.07) is 20.7. The zero-order chi connectivity index (χ0) is 55.9. The molecule has 2 unspecified atom stereocenters. The zero-order valence-corrected chi connectivity index (χ0v) is 57.1. The van der Waals surface area contributed by atoms with Crippen molar-refractivity contribution in [3.63, 3.8) is 0 Å². The van der Waals surface area contributed by atoms with Crippen LogP contribution in [0.2, 0.25) is 103 Å². The van der Waals surface area contributed by atoms with Crippen molar-refractivity contribution in [3.8, 4) is 0 Å². The van der Waals surface area contributed by atoms with Gasteiger partial charge in [0.15, 0.2) is 0 Å². The van der Waals surface area contributed by atoms with Crippen molar-refractivity contribution in [1.82, 2.24) is 10.1 Å². The van der Waals surface area contributed by atoms with Gasteiger partial charge in [0.05, 0.1) is 19.4 Å². The molecule has 0 aliphatic carbocycles. The number of benzene rings is 2. The highest BCUT2D eigenvalue weighted by Crippen LogP contribution is 2.52. The summed E-state index contributed by atoms with van der Waals surface area (Å²) in [6.07, 6.45) is 7.39. The highest BCUT2D eigenvalue weighted by molar-refractivity contribution is 7.53. The topological polar surface area (TPSA) is 96.0 Å². The molecular formula is C56H108ClN2O8P2Si4+. The number of piperidine rings is 2. The summed E-state index contributed by atoms with van der Waals surface area (Å²) in [6.45, 7) is 52.0. The normalized spacial score (nSPS) is 19.2. The van der Waals surface area contributed by atoms with Crippen molar-refractivity contribution >= 4 is 59.7 Å². The molecular weight excluding hydrogens is 1040 g/mol. The minimum Gasteiger partial charge on any atom is -0.309 e. The van der Waals surface area contributed by atoms with Gasteiger partial charge in [-0.15, -0.1) is 20.6 Å². The molecule has 2 aliphatic rings. The Morgan fingerprint density at radius 2 is 0.808 bits per heavy atom. The lowest BCUT2D eigenvalue weighted by atomic mass is 9.82. The maximum absolute atomic E-state index is 13.7. The average molecular weight is 1150 g/mol. The van der Waals surface area contributed by atoms with Crippen LogP contribution in [0, 0.1) is 0 Å². The number of halogens is 1. The van der Waals surface area contributed by atoms with Gasteiger partial charge < -0.3 is 9.05 Å². The van der Waals surface area contributed by atoms with Crippen LogP contribution < -0.4 is 0 Å². The first-order chi connectivity index (χ1) is 33.2. The van der Waals surface area contributed by atoms with E-state index in [1.54, 1.807) is 0 Å². The molecule has 2 aliphatic heterocycles. The van der Waals surface area contributed by atoms with Crippen molar-refractivity contribution < 1.29 is 36.9 Å². The number of hydrogen-bond acceptors (Lipinski definition) is 10. The largest absolute Gasteiger partial charge is 0.697 e. The van der Waals surface area contributed by atoms with Gasteiger partial charge in [0.1, 0.15) is 25.4 Å². The summed E-state index contributed by atoms with van der Waals surface area (Å²) in [5.41, 5.74) is 4.59. The summed E-state index contributed by atoms with van der Waals surface area (Å²) in [5.74, 6) is 0.557. The molecule has 2 atom stereocenters. The summed E-state index contributed by atoms with van der Waals surface area (Å²) in [5, 5.41) is 4.44. The molecule has 0 saturated carbocycles. The average Bonchev–Trinajstić information content (AvgIpc) is 3.22. The Morgan fingerprint density at radius 3 is 1.10 bits per heavy atom. The van der Waals surface area contributed by atoms with Crippen LogP contribution in [0.25, 0.3) is 0 Å². The third kappa shape index (κ3) is 27.4. The Hall–Kier alpha value is -0.392. The molecule has 0 N–H and O–H groups in total. The molecule has 2 heterocycles. The second kappa shape index (κ2) is 29.2. The second-order valence-corrected chi connectivity index (χ2v) is 54.0. The van der Waals surface area contributed by atoms with Crippen molar-refractivity contribution in [1.29, 1.82) is 0 Å². The molecule has 0 amide bonds. The summed E-state index contributed by atoms with van der Waals surface area (Å²) < 4.78 is 47.4. The Bertz CT molecular complexity index is 1900. The Labute approximate surface area is 458 Å². The van der Waals surface area contributed by atoms with E-state index in [4.69, 9.17) is 39.4 Å². The Balaban J connectivity index is 0.000000416. The van der Waals surface area contributed by atoms with Crippen LogP contribution in [-0.4, -0.2) is 91.0 Å². The van der Waals surface area contributed by atoms with Gasteiger partial charge in [0.2, 0.25) is 0 Å². The SMILES string of the molecule is CC(ON1C(C)(C)CCCC1(C)C)c1ccc(CCl)cc1.CC(ON1C(C)(C)CCCC1(C)C)c1ccc(CP(=O)(OCC[Si](C)(C)C)OCC[Si](C)(C)C)cc1.C[Si](C)(C)CCO[P+](=O)OCC[Si](C)(C)C. The molecule has 2 aromatic rings. The summed E-state index contributed by atoms with van der Waals surface area (Å²) in [7, 11) is -9.84. The molecule has 2 fully saturated rings. The van der Waals surface area contributed by atoms with Gasteiger partial charge in [-0.1, -0.05) is 127 Å². The minimum absolute atomic E-state index is 0.00307. The highest BCUT2D eigenvalue weighted by Gasteiger charge is 2.45. The van der Waals surface area contributed by atoms with Crippen LogP contribution in [0.5, 0.6) is 0 Å². The number of alkyl halides is 1. The van der Waals surface area contributed by atoms with Gasteiger partial charge in [-0.05, 0) is 154 Å². The van der Waals surface area contributed by atoms with Gasteiger partial charge >= 0.3 is 15.9 Å². The fourth-order valence-electron chi connectivity index (χ4n) is 8.96. The van der Waals surface area contributed by atoms with Gasteiger partial charge in [-0.25, -0.2) is 0 Å². The van der Waals surface area contributed by atoms with Crippen LogP contribution in [0.15, 0.2) is 48.5 Å². The van der Waals surface area contributed by atoms with Gasteiger partial charge in [-0.3, -0.25) is 14.2 Å². The Morgan fingerprint density at radius 1 is 0.521 bits per heavy atom. The smallest absolute Gasteiger partial charge is 0.309 e. The molecule has 73 heavy (non-hydrogen) atoms. The lowest BCUT2D eigenvalue weighted by Gasteiger charge is -2.52. The molecule has 2 aromatic carbocycles. The molecule has 0 bridgehead atoms. The standard InChI is InChI=1S/C28H54NO4PSi2.C18H28ClNO.C10H26O3PSi2/c1-24(33-29-27(2,3)17-12-18-28(29,4)5)26-15-13-25(14-16-26)23-34(30,31-19-21-35(6,7)8)32-20-22-36(9,10)11;1-14(16-9-7-15(13-19)8-10-16)21-20-17(2,3)11-6-12-18(20,4)5;1-15(2,3)9-7-12-14(11)13-8-10-16(4,5)6/h13-16,24H,12,17-23H2,1-11H3;7-10,14H,6,11-13H2,1-5H3;7-10H2,1-6H3/q;;+1. The lowest BCUT2D eigenvalue weighted by molar-refractivity contribution is -0.304. The molecule has 4 rings (SSSR count). The van der Waals surface area contributed by atoms with E-state index in [0.717, 1.165) is 53.7 Å². The van der Waals surface area contributed by atoms with E-state index in [2.05, 4.69) is 206 Å². The highest BCUT2D eigenvalue weighted by atomic mass is 35.5. The van der Waals surface area contributed by atoms with E-state index in [0.29, 0.717) is 38.5 Å². The van der Waals surface area contributed by atoms with E-state index >= 15 is 0 Å². The number of rotatable bonds is 25. The molecule has 0 spiro atoms. The van der Waals surface area contributed by atoms with E-state index in [1.807, 2.05) is 0 Å². The summed E-state index contributed by atoms with van der Waals surface area (Å²) in [4.78, 5) is 12.9. The van der Waals surface area contributed by atoms with Crippen LogP contribution >= 0.6 is 27.5 Å². The molecule has 422 valence electrons. The predicted octanol–water partition coefficient (Wildman–Crippen LogP) is 18.9. The lowest BCUT2D eigenvalue weighted by Crippen LogP contribution is -2.58. The van der Waals surface area contributed by atoms with Crippen LogP contribution in [0.4, 0.5) is 0 Å². The Kier molecular flexibility index (Phi) is 27.5. The van der Waals surface area contributed by atoms with Crippen molar-refractivity contribution in [2.24, 2.45) is 0 Å². The predicted molar refractivity (Wildman–Crippen MR) is 324 cm³/mol. The van der Waals surface area contributed by atoms with Crippen molar-refractivity contribution in [2.75, 3.05) is 26.4 Å². The molecule has 0 aromatic heterocycles. The third-order valence-corrected chi connectivity index (χ3v) is 23.5. The molecule has 10 nitrogen and oxygen atoms in total. The second-order valence-electron chi connectivity index (χ2n) is 28.2. The van der Waals surface area contributed by atoms with E-state index in [-0.39, 0.29) is 34.4 Å². The van der Waals surface area contributed by atoms with Crippen molar-refractivity contribution in [2.45, 2.75) is 257 Å². The van der Waals surface area contributed by atoms with E-state index in [9.17, 15) is 9.13 Å². The maximum atomic E-state index is 13.7. The molecule has 2 saturated heterocycles. The molecule has 17 heteroatoms. The quantitative estimate of drug-likeness (QED) is 0.0543. The van der Waals surface area contributed by atoms with Gasteiger partial charge in [-0.2, -0.15) is 10.1 Å². The fraction of sp³-hybridized carbons (Fsp3) is 0.786. The summed E-state index contributed by atoms with van der Waals surface area (Å²) >= 11 is 5.85. The maximum Gasteiger partial charge on any atom is 0.697 e. The van der Waals surface area contributed by atoms with Crippen LogP contribution in [-0.2, 0) is 48.9 Å². The van der Waals surface area contributed by atoms with E-state index in [1.165, 1.54) is 31.2 Å².